The van der Waals surface area contributed by atoms with Crippen molar-refractivity contribution >= 4 is 5.91 Å². The van der Waals surface area contributed by atoms with Crippen LogP contribution in [-0.4, -0.2) is 11.1 Å². The maximum absolute atomic E-state index is 10.7. The molecule has 3 nitrogen and oxygen atoms in total. The smallest absolute Gasteiger partial charge is 0.269 e. The molecular weight excluding hydrogens is 142 g/mol. The highest BCUT2D eigenvalue weighted by atomic mass is 16.5. The fourth-order valence-electron chi connectivity index (χ4n) is 0.704. The number of rotatable bonds is 4. The number of amides is 1. The standard InChI is InChI=1S/C8H15NO2/c1-3-4-5-6-7(2)8(10)9-11/h6,11H,3-5H2,1-2H3,(H,9,10). The Hall–Kier alpha value is -0.830. The average Bonchev–Trinajstić information content (AvgIpc) is 2.03. The first-order valence-corrected chi connectivity index (χ1v) is 3.83. The van der Waals surface area contributed by atoms with Gasteiger partial charge in [0.15, 0.2) is 0 Å². The number of allylic oxidation sites excluding steroid dienone is 1. The Balaban J connectivity index is 3.71. The van der Waals surface area contributed by atoms with E-state index < -0.39 is 5.91 Å². The largest absolute Gasteiger partial charge is 0.288 e. The van der Waals surface area contributed by atoms with Gasteiger partial charge in [-0.15, -0.1) is 0 Å². The zero-order valence-corrected chi connectivity index (χ0v) is 7.05. The summed E-state index contributed by atoms with van der Waals surface area (Å²) in [6.45, 7) is 3.77. The van der Waals surface area contributed by atoms with Crippen LogP contribution in [0.25, 0.3) is 0 Å². The highest BCUT2D eigenvalue weighted by Crippen LogP contribution is 2.00. The molecule has 11 heavy (non-hydrogen) atoms. The van der Waals surface area contributed by atoms with Crippen molar-refractivity contribution in [2.75, 3.05) is 0 Å². The summed E-state index contributed by atoms with van der Waals surface area (Å²) in [5.41, 5.74) is 2.15. The van der Waals surface area contributed by atoms with E-state index in [-0.39, 0.29) is 0 Å². The van der Waals surface area contributed by atoms with Crippen LogP contribution >= 0.6 is 0 Å². The Morgan fingerprint density at radius 3 is 2.73 bits per heavy atom. The number of hydrogen-bond donors (Lipinski definition) is 2. The number of nitrogens with one attached hydrogen (secondary N) is 1. The number of carbonyl (C=O) groups is 1. The SMILES string of the molecule is CCCCC=C(C)C(=O)NO. The number of hydroxylamine groups is 1. The molecule has 0 aromatic heterocycles. The molecule has 64 valence electrons. The summed E-state index contributed by atoms with van der Waals surface area (Å²) in [4.78, 5) is 10.7. The van der Waals surface area contributed by atoms with Gasteiger partial charge in [-0.3, -0.25) is 10.0 Å². The van der Waals surface area contributed by atoms with Crippen LogP contribution in [0.1, 0.15) is 33.1 Å². The van der Waals surface area contributed by atoms with E-state index in [9.17, 15) is 4.79 Å². The second kappa shape index (κ2) is 5.92. The summed E-state index contributed by atoms with van der Waals surface area (Å²) < 4.78 is 0. The van der Waals surface area contributed by atoms with Gasteiger partial charge in [-0.2, -0.15) is 0 Å². The van der Waals surface area contributed by atoms with Gasteiger partial charge < -0.3 is 0 Å². The van der Waals surface area contributed by atoms with Crippen LogP contribution < -0.4 is 5.48 Å². The van der Waals surface area contributed by atoms with Gasteiger partial charge in [0.2, 0.25) is 0 Å². The van der Waals surface area contributed by atoms with Crippen LogP contribution in [0.15, 0.2) is 11.6 Å². The molecular formula is C8H15NO2. The Bertz CT molecular complexity index is 152. The van der Waals surface area contributed by atoms with Gasteiger partial charge >= 0.3 is 0 Å². The minimum atomic E-state index is -0.416. The first-order valence-electron chi connectivity index (χ1n) is 3.83. The summed E-state index contributed by atoms with van der Waals surface area (Å²) in [7, 11) is 0. The van der Waals surface area contributed by atoms with E-state index in [0.717, 1.165) is 19.3 Å². The van der Waals surface area contributed by atoms with Crippen LogP contribution in [0.2, 0.25) is 0 Å². The van der Waals surface area contributed by atoms with E-state index in [1.807, 2.05) is 6.08 Å². The molecule has 0 atom stereocenters. The van der Waals surface area contributed by atoms with Crippen LogP contribution in [0.4, 0.5) is 0 Å². The Kier molecular flexibility index (Phi) is 5.47. The van der Waals surface area contributed by atoms with Gasteiger partial charge in [-0.25, -0.2) is 5.48 Å². The highest BCUT2D eigenvalue weighted by Gasteiger charge is 1.99. The molecule has 2 N–H and O–H groups in total. The van der Waals surface area contributed by atoms with E-state index >= 15 is 0 Å². The fourth-order valence-corrected chi connectivity index (χ4v) is 0.704. The molecule has 0 heterocycles. The summed E-state index contributed by atoms with van der Waals surface area (Å²) >= 11 is 0. The maximum Gasteiger partial charge on any atom is 0.269 e. The lowest BCUT2D eigenvalue weighted by atomic mass is 10.2. The second-order valence-corrected chi connectivity index (χ2v) is 2.47. The quantitative estimate of drug-likeness (QED) is 0.282. The summed E-state index contributed by atoms with van der Waals surface area (Å²) in [6, 6.07) is 0. The molecule has 1 amide bonds. The normalized spacial score (nSPS) is 11.4. The highest BCUT2D eigenvalue weighted by molar-refractivity contribution is 5.91. The van der Waals surface area contributed by atoms with Crippen molar-refractivity contribution < 1.29 is 10.0 Å². The molecule has 0 saturated heterocycles. The molecule has 0 aliphatic heterocycles. The van der Waals surface area contributed by atoms with Crippen molar-refractivity contribution in [1.29, 1.82) is 0 Å². The summed E-state index contributed by atoms with van der Waals surface area (Å²) in [5.74, 6) is -0.416. The maximum atomic E-state index is 10.7. The van der Waals surface area contributed by atoms with Crippen LogP contribution in [-0.2, 0) is 4.79 Å². The second-order valence-electron chi connectivity index (χ2n) is 2.47. The van der Waals surface area contributed by atoms with Gasteiger partial charge in [0.05, 0.1) is 0 Å². The van der Waals surface area contributed by atoms with E-state index in [2.05, 4.69) is 6.92 Å². The van der Waals surface area contributed by atoms with Crippen molar-refractivity contribution in [3.8, 4) is 0 Å². The Morgan fingerprint density at radius 2 is 2.27 bits per heavy atom. The molecule has 0 aliphatic rings. The molecule has 0 aromatic rings. The third kappa shape index (κ3) is 4.56. The number of carbonyl (C=O) groups excluding carboxylic acids is 1. The van der Waals surface area contributed by atoms with Crippen molar-refractivity contribution in [2.24, 2.45) is 0 Å². The monoisotopic (exact) mass is 157 g/mol. The van der Waals surface area contributed by atoms with Gasteiger partial charge in [-0.05, 0) is 13.3 Å². The summed E-state index contributed by atoms with van der Waals surface area (Å²) in [5, 5.41) is 8.22. The third-order valence-corrected chi connectivity index (χ3v) is 1.47. The zero-order valence-electron chi connectivity index (χ0n) is 7.05. The zero-order chi connectivity index (χ0) is 8.69. The molecule has 0 aliphatic carbocycles. The van der Waals surface area contributed by atoms with Crippen LogP contribution in [0, 0.1) is 0 Å². The van der Waals surface area contributed by atoms with Gasteiger partial charge in [0, 0.05) is 5.57 Å². The number of hydrogen-bond acceptors (Lipinski definition) is 2. The molecule has 0 aromatic carbocycles. The minimum absolute atomic E-state index is 0.416. The molecule has 0 bridgehead atoms. The number of unbranched alkanes of at least 4 members (excludes halogenated alkanes) is 2. The van der Waals surface area contributed by atoms with E-state index in [1.165, 1.54) is 0 Å². The molecule has 0 rings (SSSR count). The van der Waals surface area contributed by atoms with Crippen molar-refractivity contribution in [3.63, 3.8) is 0 Å². The predicted octanol–water partition coefficient (Wildman–Crippen LogP) is 1.63. The van der Waals surface area contributed by atoms with E-state index in [4.69, 9.17) is 5.21 Å². The molecule has 0 spiro atoms. The molecule has 0 saturated carbocycles. The van der Waals surface area contributed by atoms with Crippen molar-refractivity contribution in [1.82, 2.24) is 5.48 Å². The van der Waals surface area contributed by atoms with Gasteiger partial charge in [0.1, 0.15) is 0 Å². The molecule has 0 unspecified atom stereocenters. The van der Waals surface area contributed by atoms with Gasteiger partial charge in [-0.1, -0.05) is 25.8 Å². The lowest BCUT2D eigenvalue weighted by Crippen LogP contribution is -2.19. The first-order chi connectivity index (χ1) is 5.22. The van der Waals surface area contributed by atoms with Crippen LogP contribution in [0.5, 0.6) is 0 Å². The first kappa shape index (κ1) is 10.2. The molecule has 3 heteroatoms. The van der Waals surface area contributed by atoms with Crippen molar-refractivity contribution in [2.45, 2.75) is 33.1 Å². The minimum Gasteiger partial charge on any atom is -0.288 e. The Morgan fingerprint density at radius 1 is 1.64 bits per heavy atom. The third-order valence-electron chi connectivity index (χ3n) is 1.47. The lowest BCUT2D eigenvalue weighted by Gasteiger charge is -1.96. The van der Waals surface area contributed by atoms with E-state index in [0.29, 0.717) is 5.57 Å². The Labute approximate surface area is 67.1 Å². The topological polar surface area (TPSA) is 49.3 Å². The predicted molar refractivity (Wildman–Crippen MR) is 43.2 cm³/mol. The summed E-state index contributed by atoms with van der Waals surface area (Å²) in [6.07, 6.45) is 4.92. The fraction of sp³-hybridized carbons (Fsp3) is 0.625. The molecule has 0 fully saturated rings. The lowest BCUT2D eigenvalue weighted by molar-refractivity contribution is -0.125. The molecule has 0 radical (unpaired) electrons. The average molecular weight is 157 g/mol. The van der Waals surface area contributed by atoms with E-state index in [1.54, 1.807) is 12.4 Å². The van der Waals surface area contributed by atoms with Crippen LogP contribution in [0.3, 0.4) is 0 Å². The van der Waals surface area contributed by atoms with Gasteiger partial charge in [0.25, 0.3) is 5.91 Å². The van der Waals surface area contributed by atoms with Crippen molar-refractivity contribution in [3.05, 3.63) is 11.6 Å².